The fraction of sp³-hybridized carbons (Fsp3) is 0. The summed E-state index contributed by atoms with van der Waals surface area (Å²) in [5, 5.41) is 2.30. The predicted octanol–water partition coefficient (Wildman–Crippen LogP) is 1.91. The van der Waals surface area contributed by atoms with Crippen molar-refractivity contribution in [2.45, 2.75) is 0 Å². The fourth-order valence-corrected chi connectivity index (χ4v) is 1.37. The zero-order chi connectivity index (χ0) is 13.1. The van der Waals surface area contributed by atoms with Crippen LogP contribution in [-0.2, 0) is 0 Å². The van der Waals surface area contributed by atoms with Crippen LogP contribution in [0.4, 0.5) is 14.5 Å². The Hall–Kier alpha value is -2.50. The molecule has 92 valence electrons. The second-order valence-corrected chi connectivity index (χ2v) is 3.51. The highest BCUT2D eigenvalue weighted by Gasteiger charge is 2.11. The van der Waals surface area contributed by atoms with E-state index in [4.69, 9.17) is 0 Å². The molecule has 18 heavy (non-hydrogen) atoms. The molecule has 0 spiro atoms. The number of anilines is 1. The van der Waals surface area contributed by atoms with Gasteiger partial charge in [-0.3, -0.25) is 9.59 Å². The van der Waals surface area contributed by atoms with Crippen molar-refractivity contribution < 1.29 is 13.6 Å². The minimum Gasteiger partial charge on any atom is -0.367 e. The molecule has 0 saturated heterocycles. The van der Waals surface area contributed by atoms with Crippen LogP contribution in [0, 0.1) is 11.6 Å². The van der Waals surface area contributed by atoms with Crippen LogP contribution in [-0.4, -0.2) is 10.9 Å². The maximum Gasteiger partial charge on any atom is 0.261 e. The highest BCUT2D eigenvalue weighted by Crippen LogP contribution is 2.13. The number of pyridine rings is 1. The number of H-pyrrole nitrogens is 1. The lowest BCUT2D eigenvalue weighted by molar-refractivity contribution is 0.102. The molecule has 2 N–H and O–H groups in total. The van der Waals surface area contributed by atoms with Crippen molar-refractivity contribution in [2.75, 3.05) is 5.32 Å². The van der Waals surface area contributed by atoms with E-state index in [1.165, 1.54) is 24.5 Å². The maximum absolute atomic E-state index is 12.9. The van der Waals surface area contributed by atoms with Crippen molar-refractivity contribution in [1.82, 2.24) is 4.98 Å². The van der Waals surface area contributed by atoms with Crippen molar-refractivity contribution in [2.24, 2.45) is 0 Å². The van der Waals surface area contributed by atoms with E-state index in [2.05, 4.69) is 10.3 Å². The molecule has 1 heterocycles. The Morgan fingerprint density at radius 2 is 1.94 bits per heavy atom. The van der Waals surface area contributed by atoms with E-state index in [1.807, 2.05) is 0 Å². The topological polar surface area (TPSA) is 62.0 Å². The van der Waals surface area contributed by atoms with Crippen LogP contribution in [0.25, 0.3) is 0 Å². The number of nitrogens with one attached hydrogen (secondary N) is 2. The van der Waals surface area contributed by atoms with E-state index in [1.54, 1.807) is 0 Å². The number of carbonyl (C=O) groups excluding carboxylic acids is 1. The molecule has 0 aliphatic heterocycles. The molecule has 1 aromatic heterocycles. The lowest BCUT2D eigenvalue weighted by Gasteiger charge is -2.04. The Kier molecular flexibility index (Phi) is 3.18. The molecule has 0 bridgehead atoms. The molecule has 2 rings (SSSR count). The maximum atomic E-state index is 12.9. The Balaban J connectivity index is 2.24. The van der Waals surface area contributed by atoms with Crippen LogP contribution in [0.2, 0.25) is 0 Å². The van der Waals surface area contributed by atoms with Crippen LogP contribution in [0.3, 0.4) is 0 Å². The van der Waals surface area contributed by atoms with E-state index < -0.39 is 23.0 Å². The van der Waals surface area contributed by atoms with Gasteiger partial charge in [0.05, 0.1) is 0 Å². The van der Waals surface area contributed by atoms with E-state index >= 15 is 0 Å². The number of amides is 1. The number of hydrogen-bond acceptors (Lipinski definition) is 2. The first-order valence-corrected chi connectivity index (χ1v) is 5.01. The number of rotatable bonds is 2. The van der Waals surface area contributed by atoms with Gasteiger partial charge in [0.15, 0.2) is 17.1 Å². The molecule has 0 aliphatic carbocycles. The van der Waals surface area contributed by atoms with Gasteiger partial charge in [-0.1, -0.05) is 0 Å². The summed E-state index contributed by atoms with van der Waals surface area (Å²) in [5.74, 6) is -2.77. The smallest absolute Gasteiger partial charge is 0.261 e. The highest BCUT2D eigenvalue weighted by molar-refractivity contribution is 6.03. The molecule has 0 atom stereocenters. The summed E-state index contributed by atoms with van der Waals surface area (Å²) < 4.78 is 25.6. The molecule has 0 unspecified atom stereocenters. The number of hydrogen-bond donors (Lipinski definition) is 2. The lowest BCUT2D eigenvalue weighted by Crippen LogP contribution is -2.20. The van der Waals surface area contributed by atoms with Gasteiger partial charge in [0.25, 0.3) is 5.91 Å². The van der Waals surface area contributed by atoms with Gasteiger partial charge in [-0.25, -0.2) is 8.78 Å². The number of halogens is 2. The summed E-state index contributed by atoms with van der Waals surface area (Å²) in [6.45, 7) is 0. The van der Waals surface area contributed by atoms with Gasteiger partial charge >= 0.3 is 0 Å². The molecule has 2 aromatic rings. The Labute approximate surface area is 100 Å². The summed E-state index contributed by atoms with van der Waals surface area (Å²) in [6.07, 6.45) is 2.62. The third-order valence-electron chi connectivity index (χ3n) is 2.25. The number of aromatic nitrogens is 1. The Bertz CT molecular complexity index is 653. The van der Waals surface area contributed by atoms with Crippen molar-refractivity contribution in [3.8, 4) is 0 Å². The van der Waals surface area contributed by atoms with E-state index in [0.717, 1.165) is 12.1 Å². The molecule has 0 aliphatic rings. The largest absolute Gasteiger partial charge is 0.367 e. The van der Waals surface area contributed by atoms with Crippen molar-refractivity contribution in [3.05, 3.63) is 64.1 Å². The number of aromatic amines is 1. The van der Waals surface area contributed by atoms with Gasteiger partial charge in [-0.15, -0.1) is 0 Å². The van der Waals surface area contributed by atoms with Gasteiger partial charge < -0.3 is 10.3 Å². The predicted molar refractivity (Wildman–Crippen MR) is 61.4 cm³/mol. The summed E-state index contributed by atoms with van der Waals surface area (Å²) in [5.41, 5.74) is -0.502. The molecule has 1 aromatic carbocycles. The van der Waals surface area contributed by atoms with Gasteiger partial charge in [-0.2, -0.15) is 0 Å². The fourth-order valence-electron chi connectivity index (χ4n) is 1.37. The summed E-state index contributed by atoms with van der Waals surface area (Å²) in [4.78, 5) is 25.6. The molecule has 0 saturated carbocycles. The van der Waals surface area contributed by atoms with Crippen LogP contribution in [0.1, 0.15) is 10.4 Å². The normalized spacial score (nSPS) is 10.1. The van der Waals surface area contributed by atoms with E-state index in [-0.39, 0.29) is 11.3 Å². The van der Waals surface area contributed by atoms with Crippen LogP contribution in [0.15, 0.2) is 41.5 Å². The summed E-state index contributed by atoms with van der Waals surface area (Å²) >= 11 is 0. The van der Waals surface area contributed by atoms with Gasteiger partial charge in [0.1, 0.15) is 5.56 Å². The van der Waals surface area contributed by atoms with Gasteiger partial charge in [-0.05, 0) is 12.1 Å². The van der Waals surface area contributed by atoms with Crippen molar-refractivity contribution in [3.63, 3.8) is 0 Å². The molecule has 6 heteroatoms. The average molecular weight is 250 g/mol. The SMILES string of the molecule is O=C(Nc1ccc(F)c(F)c1)c1c[nH]ccc1=O. The van der Waals surface area contributed by atoms with E-state index in [0.29, 0.717) is 0 Å². The average Bonchev–Trinajstić information content (AvgIpc) is 2.34. The van der Waals surface area contributed by atoms with Crippen LogP contribution in [0.5, 0.6) is 0 Å². The molecular weight excluding hydrogens is 242 g/mol. The Morgan fingerprint density at radius 3 is 2.61 bits per heavy atom. The van der Waals surface area contributed by atoms with Gasteiger partial charge in [0, 0.05) is 30.2 Å². The molecule has 0 fully saturated rings. The lowest BCUT2D eigenvalue weighted by atomic mass is 10.2. The summed E-state index contributed by atoms with van der Waals surface area (Å²) in [7, 11) is 0. The quantitative estimate of drug-likeness (QED) is 0.855. The van der Waals surface area contributed by atoms with Crippen LogP contribution >= 0.6 is 0 Å². The second kappa shape index (κ2) is 4.79. The first kappa shape index (κ1) is 12.0. The third kappa shape index (κ3) is 2.42. The monoisotopic (exact) mass is 250 g/mol. The second-order valence-electron chi connectivity index (χ2n) is 3.51. The number of benzene rings is 1. The number of carbonyl (C=O) groups is 1. The summed E-state index contributed by atoms with van der Waals surface area (Å²) in [6, 6.07) is 4.12. The molecule has 0 radical (unpaired) electrons. The first-order chi connectivity index (χ1) is 8.58. The third-order valence-corrected chi connectivity index (χ3v) is 2.25. The zero-order valence-corrected chi connectivity index (χ0v) is 9.04. The minimum absolute atomic E-state index is 0.0714. The molecule has 4 nitrogen and oxygen atoms in total. The Morgan fingerprint density at radius 1 is 1.17 bits per heavy atom. The molecular formula is C12H8F2N2O2. The van der Waals surface area contributed by atoms with Gasteiger partial charge in [0.2, 0.25) is 0 Å². The first-order valence-electron chi connectivity index (χ1n) is 5.01. The standard InChI is InChI=1S/C12H8F2N2O2/c13-9-2-1-7(5-10(9)14)16-12(18)8-6-15-4-3-11(8)17/h1-6H,(H,15,17)(H,16,18). The van der Waals surface area contributed by atoms with Crippen molar-refractivity contribution >= 4 is 11.6 Å². The minimum atomic E-state index is -1.07. The van der Waals surface area contributed by atoms with Crippen molar-refractivity contribution in [1.29, 1.82) is 0 Å². The molecule has 1 amide bonds. The highest BCUT2D eigenvalue weighted by atomic mass is 19.2. The zero-order valence-electron chi connectivity index (χ0n) is 9.04. The van der Waals surface area contributed by atoms with E-state index in [9.17, 15) is 18.4 Å². The van der Waals surface area contributed by atoms with Crippen LogP contribution < -0.4 is 10.7 Å².